The van der Waals surface area contributed by atoms with Crippen LogP contribution >= 0.6 is 0 Å². The van der Waals surface area contributed by atoms with Crippen molar-refractivity contribution in [2.75, 3.05) is 19.6 Å². The van der Waals surface area contributed by atoms with E-state index in [4.69, 9.17) is 4.42 Å². The summed E-state index contributed by atoms with van der Waals surface area (Å²) in [6.07, 6.45) is 6.14. The van der Waals surface area contributed by atoms with E-state index in [-0.39, 0.29) is 0 Å². The van der Waals surface area contributed by atoms with E-state index in [9.17, 15) is 0 Å². The maximum atomic E-state index is 5.09. The number of rotatable bonds is 4. The van der Waals surface area contributed by atoms with Crippen LogP contribution in [0.25, 0.3) is 0 Å². The van der Waals surface area contributed by atoms with Crippen LogP contribution in [0.3, 0.4) is 0 Å². The second-order valence-electron chi connectivity index (χ2n) is 4.31. The molecule has 0 bridgehead atoms. The van der Waals surface area contributed by atoms with Gasteiger partial charge in [-0.15, -0.1) is 0 Å². The molecule has 0 amide bonds. The molecule has 0 spiro atoms. The molecule has 1 aromatic rings. The summed E-state index contributed by atoms with van der Waals surface area (Å²) < 4.78 is 5.09. The predicted octanol–water partition coefficient (Wildman–Crippen LogP) is 1.85. The molecule has 2 heterocycles. The lowest BCUT2D eigenvalue weighted by molar-refractivity contribution is 0.186. The van der Waals surface area contributed by atoms with Crippen LogP contribution in [-0.4, -0.2) is 30.6 Å². The summed E-state index contributed by atoms with van der Waals surface area (Å²) in [5.41, 5.74) is 1.28. The van der Waals surface area contributed by atoms with Crippen molar-refractivity contribution >= 4 is 0 Å². The van der Waals surface area contributed by atoms with E-state index in [0.717, 1.165) is 19.6 Å². The first-order chi connectivity index (χ1) is 7.38. The predicted molar refractivity (Wildman–Crippen MR) is 60.7 cm³/mol. The summed E-state index contributed by atoms with van der Waals surface area (Å²) >= 11 is 0. The molecule has 1 aromatic heterocycles. The van der Waals surface area contributed by atoms with Crippen LogP contribution in [0.15, 0.2) is 23.0 Å². The zero-order valence-electron chi connectivity index (χ0n) is 9.41. The minimum atomic E-state index is 0.677. The Morgan fingerprint density at radius 3 is 3.27 bits per heavy atom. The largest absolute Gasteiger partial charge is 0.472 e. The van der Waals surface area contributed by atoms with Crippen LogP contribution in [0.1, 0.15) is 25.3 Å². The van der Waals surface area contributed by atoms with E-state index in [0.29, 0.717) is 6.04 Å². The molecule has 1 fully saturated rings. The first kappa shape index (κ1) is 10.7. The second kappa shape index (κ2) is 5.33. The molecule has 1 saturated heterocycles. The van der Waals surface area contributed by atoms with Crippen LogP contribution in [-0.2, 0) is 6.54 Å². The van der Waals surface area contributed by atoms with Gasteiger partial charge >= 0.3 is 0 Å². The molecule has 0 radical (unpaired) electrons. The zero-order valence-corrected chi connectivity index (χ0v) is 9.41. The van der Waals surface area contributed by atoms with Crippen molar-refractivity contribution in [3.05, 3.63) is 24.2 Å². The summed E-state index contributed by atoms with van der Waals surface area (Å²) in [6.45, 7) is 6.70. The fourth-order valence-corrected chi connectivity index (χ4v) is 2.22. The van der Waals surface area contributed by atoms with Gasteiger partial charge in [-0.1, -0.05) is 13.3 Å². The molecular formula is C12H20N2O. The highest BCUT2D eigenvalue weighted by Gasteiger charge is 2.18. The molecule has 0 aliphatic carbocycles. The van der Waals surface area contributed by atoms with Gasteiger partial charge in [0.2, 0.25) is 0 Å². The van der Waals surface area contributed by atoms with Gasteiger partial charge < -0.3 is 9.73 Å². The maximum absolute atomic E-state index is 5.09. The lowest BCUT2D eigenvalue weighted by Gasteiger charge is -2.33. The zero-order chi connectivity index (χ0) is 10.5. The molecule has 1 N–H and O–H groups in total. The Kier molecular flexibility index (Phi) is 3.80. The minimum absolute atomic E-state index is 0.677. The molecule has 1 aliphatic heterocycles. The molecule has 0 aromatic carbocycles. The summed E-state index contributed by atoms with van der Waals surface area (Å²) in [6, 6.07) is 2.73. The fourth-order valence-electron chi connectivity index (χ4n) is 2.22. The summed E-state index contributed by atoms with van der Waals surface area (Å²) in [5.74, 6) is 0. The van der Waals surface area contributed by atoms with Crippen molar-refractivity contribution in [3.63, 3.8) is 0 Å². The van der Waals surface area contributed by atoms with Gasteiger partial charge in [0, 0.05) is 37.8 Å². The van der Waals surface area contributed by atoms with E-state index in [1.165, 1.54) is 24.9 Å². The highest BCUT2D eigenvalue weighted by Crippen LogP contribution is 2.10. The van der Waals surface area contributed by atoms with Crippen molar-refractivity contribution in [1.82, 2.24) is 10.2 Å². The molecule has 2 rings (SSSR count). The first-order valence-corrected chi connectivity index (χ1v) is 5.85. The van der Waals surface area contributed by atoms with Crippen LogP contribution in [0, 0.1) is 0 Å². The average molecular weight is 208 g/mol. The minimum Gasteiger partial charge on any atom is -0.472 e. The van der Waals surface area contributed by atoms with E-state index in [1.807, 2.05) is 6.26 Å². The van der Waals surface area contributed by atoms with Gasteiger partial charge in [-0.25, -0.2) is 0 Å². The first-order valence-electron chi connectivity index (χ1n) is 5.85. The van der Waals surface area contributed by atoms with Crippen molar-refractivity contribution in [1.29, 1.82) is 0 Å². The van der Waals surface area contributed by atoms with Crippen molar-refractivity contribution in [3.8, 4) is 0 Å². The van der Waals surface area contributed by atoms with E-state index in [2.05, 4.69) is 23.2 Å². The fraction of sp³-hybridized carbons (Fsp3) is 0.667. The van der Waals surface area contributed by atoms with Crippen molar-refractivity contribution in [2.45, 2.75) is 32.4 Å². The summed E-state index contributed by atoms with van der Waals surface area (Å²) in [7, 11) is 0. The highest BCUT2D eigenvalue weighted by atomic mass is 16.3. The quantitative estimate of drug-likeness (QED) is 0.818. The van der Waals surface area contributed by atoms with Crippen LogP contribution < -0.4 is 5.32 Å². The summed E-state index contributed by atoms with van der Waals surface area (Å²) in [5, 5.41) is 3.56. The highest BCUT2D eigenvalue weighted by molar-refractivity contribution is 5.05. The lowest BCUT2D eigenvalue weighted by atomic mass is 10.1. The standard InChI is InChI=1S/C12H20N2O/c1-2-3-12-9-14(6-5-13-12)8-11-4-7-15-10-11/h4,7,10,12-13H,2-3,5-6,8-9H2,1H3. The molecular weight excluding hydrogens is 188 g/mol. The number of furan rings is 1. The molecule has 15 heavy (non-hydrogen) atoms. The SMILES string of the molecule is CCCC1CN(Cc2ccoc2)CCN1. The third kappa shape index (κ3) is 3.08. The van der Waals surface area contributed by atoms with Crippen LogP contribution in [0.4, 0.5) is 0 Å². The molecule has 3 heteroatoms. The van der Waals surface area contributed by atoms with Gasteiger partial charge in [0.05, 0.1) is 12.5 Å². The van der Waals surface area contributed by atoms with E-state index in [1.54, 1.807) is 6.26 Å². The monoisotopic (exact) mass is 208 g/mol. The van der Waals surface area contributed by atoms with E-state index >= 15 is 0 Å². The number of nitrogens with one attached hydrogen (secondary N) is 1. The Hall–Kier alpha value is -0.800. The normalized spacial score (nSPS) is 23.1. The molecule has 84 valence electrons. The molecule has 1 atom stereocenters. The van der Waals surface area contributed by atoms with Crippen LogP contribution in [0.5, 0.6) is 0 Å². The Bertz CT molecular complexity index is 269. The van der Waals surface area contributed by atoms with Gasteiger partial charge in [0.15, 0.2) is 0 Å². The number of nitrogens with zero attached hydrogens (tertiary/aromatic N) is 1. The molecule has 1 aliphatic rings. The smallest absolute Gasteiger partial charge is 0.0947 e. The second-order valence-corrected chi connectivity index (χ2v) is 4.31. The van der Waals surface area contributed by atoms with Crippen molar-refractivity contribution < 1.29 is 4.42 Å². The van der Waals surface area contributed by atoms with Gasteiger partial charge in [-0.2, -0.15) is 0 Å². The Labute approximate surface area is 91.4 Å². The topological polar surface area (TPSA) is 28.4 Å². The Balaban J connectivity index is 1.82. The van der Waals surface area contributed by atoms with Gasteiger partial charge in [-0.05, 0) is 12.5 Å². The van der Waals surface area contributed by atoms with Crippen molar-refractivity contribution in [2.24, 2.45) is 0 Å². The van der Waals surface area contributed by atoms with Gasteiger partial charge in [0.25, 0.3) is 0 Å². The molecule has 3 nitrogen and oxygen atoms in total. The van der Waals surface area contributed by atoms with Crippen LogP contribution in [0.2, 0.25) is 0 Å². The van der Waals surface area contributed by atoms with Gasteiger partial charge in [-0.3, -0.25) is 4.90 Å². The lowest BCUT2D eigenvalue weighted by Crippen LogP contribution is -2.50. The van der Waals surface area contributed by atoms with E-state index < -0.39 is 0 Å². The number of hydrogen-bond acceptors (Lipinski definition) is 3. The third-order valence-corrected chi connectivity index (χ3v) is 2.96. The number of piperazine rings is 1. The molecule has 0 saturated carbocycles. The van der Waals surface area contributed by atoms with Gasteiger partial charge in [0.1, 0.15) is 0 Å². The maximum Gasteiger partial charge on any atom is 0.0947 e. The number of hydrogen-bond donors (Lipinski definition) is 1. The average Bonchev–Trinajstić information content (AvgIpc) is 2.71. The Morgan fingerprint density at radius 2 is 2.53 bits per heavy atom. The third-order valence-electron chi connectivity index (χ3n) is 2.96. The summed E-state index contributed by atoms with van der Waals surface area (Å²) in [4.78, 5) is 2.50. The Morgan fingerprint density at radius 1 is 1.60 bits per heavy atom. The molecule has 1 unspecified atom stereocenters.